The van der Waals surface area contributed by atoms with Crippen molar-refractivity contribution in [2.45, 2.75) is 44.6 Å². The van der Waals surface area contributed by atoms with E-state index in [2.05, 4.69) is 22.0 Å². The van der Waals surface area contributed by atoms with Crippen LogP contribution in [0.3, 0.4) is 0 Å². The number of halogens is 1. The van der Waals surface area contributed by atoms with Gasteiger partial charge in [0.05, 0.1) is 17.7 Å². The fourth-order valence-electron chi connectivity index (χ4n) is 2.57. The van der Waals surface area contributed by atoms with Gasteiger partial charge in [-0.2, -0.15) is 0 Å². The van der Waals surface area contributed by atoms with E-state index >= 15 is 0 Å². The zero-order valence-corrected chi connectivity index (χ0v) is 12.9. The van der Waals surface area contributed by atoms with Gasteiger partial charge in [-0.25, -0.2) is 0 Å². The maximum absolute atomic E-state index is 10.2. The van der Waals surface area contributed by atoms with Gasteiger partial charge in [0.1, 0.15) is 5.75 Å². The molecule has 0 amide bonds. The number of hydrogen-bond acceptors (Lipinski definition) is 2. The van der Waals surface area contributed by atoms with Crippen LogP contribution in [0.25, 0.3) is 0 Å². The highest BCUT2D eigenvalue weighted by molar-refractivity contribution is 9.10. The molecule has 1 aromatic carbocycles. The van der Waals surface area contributed by atoms with Crippen LogP contribution in [-0.4, -0.2) is 18.3 Å². The van der Waals surface area contributed by atoms with Crippen molar-refractivity contribution in [1.82, 2.24) is 0 Å². The van der Waals surface area contributed by atoms with E-state index in [1.807, 2.05) is 18.2 Å². The van der Waals surface area contributed by atoms with Gasteiger partial charge in [0, 0.05) is 0 Å². The molecule has 1 N–H and O–H groups in total. The lowest BCUT2D eigenvalue weighted by Gasteiger charge is -2.17. The summed E-state index contributed by atoms with van der Waals surface area (Å²) in [5.74, 6) is 0.827. The van der Waals surface area contributed by atoms with Crippen molar-refractivity contribution in [2.75, 3.05) is 7.11 Å². The second-order valence-electron chi connectivity index (χ2n) is 5.14. The lowest BCUT2D eigenvalue weighted by molar-refractivity contribution is 0.173. The molecule has 104 valence electrons. The molecule has 0 fully saturated rings. The van der Waals surface area contributed by atoms with Crippen molar-refractivity contribution >= 4 is 15.9 Å². The van der Waals surface area contributed by atoms with E-state index in [1.165, 1.54) is 24.8 Å². The molecule has 0 bridgehead atoms. The average molecular weight is 325 g/mol. The number of benzene rings is 1. The summed E-state index contributed by atoms with van der Waals surface area (Å²) in [7, 11) is 1.66. The summed E-state index contributed by atoms with van der Waals surface area (Å²) < 4.78 is 6.15. The highest BCUT2D eigenvalue weighted by Gasteiger charge is 2.12. The largest absolute Gasteiger partial charge is 0.496 e. The molecular formula is C16H21BrO2. The molecule has 2 rings (SSSR count). The highest BCUT2D eigenvalue weighted by Crippen LogP contribution is 2.27. The number of aliphatic hydroxyl groups is 1. The third-order valence-corrected chi connectivity index (χ3v) is 4.19. The molecule has 0 heterocycles. The molecule has 2 nitrogen and oxygen atoms in total. The van der Waals surface area contributed by atoms with Gasteiger partial charge in [-0.05, 0) is 72.2 Å². The van der Waals surface area contributed by atoms with E-state index in [4.69, 9.17) is 4.74 Å². The van der Waals surface area contributed by atoms with E-state index in [9.17, 15) is 5.11 Å². The smallest absolute Gasteiger partial charge is 0.133 e. The van der Waals surface area contributed by atoms with E-state index in [1.54, 1.807) is 7.11 Å². The minimum absolute atomic E-state index is 0.287. The Balaban J connectivity index is 1.92. The molecule has 0 aliphatic heterocycles. The van der Waals surface area contributed by atoms with Gasteiger partial charge in [0.25, 0.3) is 0 Å². The first-order valence-corrected chi connectivity index (χ1v) is 7.66. The highest BCUT2D eigenvalue weighted by atomic mass is 79.9. The molecule has 1 unspecified atom stereocenters. The van der Waals surface area contributed by atoms with Gasteiger partial charge >= 0.3 is 0 Å². The lowest BCUT2D eigenvalue weighted by atomic mass is 9.93. The van der Waals surface area contributed by atoms with Gasteiger partial charge in [0.15, 0.2) is 0 Å². The summed E-state index contributed by atoms with van der Waals surface area (Å²) in [6, 6.07) is 5.98. The summed E-state index contributed by atoms with van der Waals surface area (Å²) >= 11 is 3.48. The zero-order valence-electron chi connectivity index (χ0n) is 11.4. The fraction of sp³-hybridized carbons (Fsp3) is 0.500. The van der Waals surface area contributed by atoms with E-state index < -0.39 is 0 Å². The van der Waals surface area contributed by atoms with E-state index in [-0.39, 0.29) is 6.10 Å². The van der Waals surface area contributed by atoms with Crippen molar-refractivity contribution < 1.29 is 9.84 Å². The lowest BCUT2D eigenvalue weighted by Crippen LogP contribution is -2.12. The topological polar surface area (TPSA) is 29.5 Å². The molecule has 0 aromatic heterocycles. The quantitative estimate of drug-likeness (QED) is 0.820. The molecule has 1 atom stereocenters. The van der Waals surface area contributed by atoms with Crippen LogP contribution >= 0.6 is 15.9 Å². The Hall–Kier alpha value is -0.800. The molecular weight excluding hydrogens is 304 g/mol. The fourth-order valence-corrected chi connectivity index (χ4v) is 3.16. The van der Waals surface area contributed by atoms with Gasteiger partial charge in [-0.15, -0.1) is 0 Å². The van der Waals surface area contributed by atoms with Gasteiger partial charge in [-0.3, -0.25) is 0 Å². The Morgan fingerprint density at radius 2 is 2.16 bits per heavy atom. The number of aliphatic hydroxyl groups excluding tert-OH is 1. The zero-order chi connectivity index (χ0) is 13.7. The second-order valence-corrected chi connectivity index (χ2v) is 5.99. The summed E-state index contributed by atoms with van der Waals surface area (Å²) in [5.41, 5.74) is 2.56. The first kappa shape index (κ1) is 14.6. The Morgan fingerprint density at radius 1 is 1.32 bits per heavy atom. The van der Waals surface area contributed by atoms with Crippen LogP contribution in [0, 0.1) is 0 Å². The summed E-state index contributed by atoms with van der Waals surface area (Å²) in [6.45, 7) is 0. The maximum atomic E-state index is 10.2. The van der Waals surface area contributed by atoms with E-state index in [0.29, 0.717) is 6.42 Å². The molecule has 0 saturated carbocycles. The Bertz CT molecular complexity index is 454. The third kappa shape index (κ3) is 4.36. The molecule has 1 aromatic rings. The normalized spacial score (nSPS) is 16.9. The molecule has 0 radical (unpaired) electrons. The number of ether oxygens (including phenoxy) is 1. The third-order valence-electron chi connectivity index (χ3n) is 3.57. The van der Waals surface area contributed by atoms with Crippen molar-refractivity contribution in [1.29, 1.82) is 0 Å². The van der Waals surface area contributed by atoms with Crippen LogP contribution in [0.5, 0.6) is 5.75 Å². The van der Waals surface area contributed by atoms with Crippen LogP contribution in [-0.2, 0) is 6.42 Å². The monoisotopic (exact) mass is 324 g/mol. The minimum Gasteiger partial charge on any atom is -0.496 e. The number of hydrogen-bond donors (Lipinski definition) is 1. The molecule has 0 spiro atoms. The van der Waals surface area contributed by atoms with Gasteiger partial charge < -0.3 is 9.84 Å². The molecule has 1 aliphatic rings. The number of methoxy groups -OCH3 is 1. The number of rotatable bonds is 5. The summed E-state index contributed by atoms with van der Waals surface area (Å²) in [4.78, 5) is 0. The van der Waals surface area contributed by atoms with E-state index in [0.717, 1.165) is 28.6 Å². The number of allylic oxidation sites excluding steroid dienone is 1. The minimum atomic E-state index is -0.287. The van der Waals surface area contributed by atoms with Crippen molar-refractivity contribution in [3.63, 3.8) is 0 Å². The van der Waals surface area contributed by atoms with Crippen LogP contribution in [0.4, 0.5) is 0 Å². The van der Waals surface area contributed by atoms with Crippen LogP contribution < -0.4 is 4.74 Å². The summed E-state index contributed by atoms with van der Waals surface area (Å²) in [6.07, 6.45) is 8.42. The first-order valence-electron chi connectivity index (χ1n) is 6.87. The van der Waals surface area contributed by atoms with Crippen molar-refractivity contribution in [3.05, 3.63) is 39.9 Å². The molecule has 0 saturated heterocycles. The van der Waals surface area contributed by atoms with Crippen LogP contribution in [0.2, 0.25) is 0 Å². The van der Waals surface area contributed by atoms with Crippen molar-refractivity contribution in [3.8, 4) is 5.75 Å². The molecule has 1 aliphatic carbocycles. The SMILES string of the molecule is COc1ccc(CC(O)CC2=CCCCC2)cc1Br. The Morgan fingerprint density at radius 3 is 2.79 bits per heavy atom. The average Bonchev–Trinajstić information content (AvgIpc) is 2.40. The van der Waals surface area contributed by atoms with Crippen LogP contribution in [0.1, 0.15) is 37.7 Å². The second kappa shape index (κ2) is 7.11. The first-order chi connectivity index (χ1) is 9.19. The molecule has 3 heteroatoms. The predicted octanol–water partition coefficient (Wildman–Crippen LogP) is 4.25. The van der Waals surface area contributed by atoms with Crippen molar-refractivity contribution in [2.24, 2.45) is 0 Å². The maximum Gasteiger partial charge on any atom is 0.133 e. The van der Waals surface area contributed by atoms with Gasteiger partial charge in [-0.1, -0.05) is 17.7 Å². The Labute approximate surface area is 123 Å². The van der Waals surface area contributed by atoms with Gasteiger partial charge in [0.2, 0.25) is 0 Å². The predicted molar refractivity (Wildman–Crippen MR) is 81.6 cm³/mol. The summed E-state index contributed by atoms with van der Waals surface area (Å²) in [5, 5.41) is 10.2. The molecule has 19 heavy (non-hydrogen) atoms. The standard InChI is InChI=1S/C16H21BrO2/c1-19-16-8-7-13(11-15(16)17)10-14(18)9-12-5-3-2-4-6-12/h5,7-8,11,14,18H,2-4,6,9-10H2,1H3. The Kier molecular flexibility index (Phi) is 5.46. The van der Waals surface area contributed by atoms with Crippen LogP contribution in [0.15, 0.2) is 34.3 Å².